The van der Waals surface area contributed by atoms with Crippen molar-refractivity contribution in [2.75, 3.05) is 6.61 Å². The summed E-state index contributed by atoms with van der Waals surface area (Å²) in [4.78, 5) is 11.6. The van der Waals surface area contributed by atoms with Crippen LogP contribution in [0.1, 0.15) is 19.4 Å². The fourth-order valence-corrected chi connectivity index (χ4v) is 1.67. The highest BCUT2D eigenvalue weighted by Crippen LogP contribution is 2.22. The first-order valence-corrected chi connectivity index (χ1v) is 5.77. The Morgan fingerprint density at radius 2 is 2.18 bits per heavy atom. The second-order valence-corrected chi connectivity index (χ2v) is 4.31. The maximum atomic E-state index is 11.6. The predicted molar refractivity (Wildman–Crippen MR) is 69.8 cm³/mol. The summed E-state index contributed by atoms with van der Waals surface area (Å²) in [7, 11) is 0. The molecule has 0 aliphatic heterocycles. The number of hydrogen-bond acceptors (Lipinski definition) is 2. The number of benzene rings is 1. The predicted octanol–water partition coefficient (Wildman–Crippen LogP) is 2.24. The van der Waals surface area contributed by atoms with E-state index in [0.717, 1.165) is 11.1 Å². The molecule has 17 heavy (non-hydrogen) atoms. The minimum atomic E-state index is -0.252. The van der Waals surface area contributed by atoms with Gasteiger partial charge in [-0.2, -0.15) is 0 Å². The molecule has 4 heteroatoms. The number of carbonyl (C=O) groups excluding carboxylic acids is 1. The van der Waals surface area contributed by atoms with Gasteiger partial charge >= 0.3 is 0 Å². The molecule has 0 saturated carbocycles. The molecule has 0 fully saturated rings. The molecule has 0 aliphatic carbocycles. The highest BCUT2D eigenvalue weighted by molar-refractivity contribution is 6.32. The van der Waals surface area contributed by atoms with Gasteiger partial charge in [-0.1, -0.05) is 29.8 Å². The zero-order valence-electron chi connectivity index (χ0n) is 9.90. The van der Waals surface area contributed by atoms with Crippen LogP contribution in [0.5, 0.6) is 0 Å². The van der Waals surface area contributed by atoms with Crippen molar-refractivity contribution in [1.29, 1.82) is 0 Å². The molecule has 0 aromatic heterocycles. The summed E-state index contributed by atoms with van der Waals surface area (Å²) in [5.41, 5.74) is 1.62. The monoisotopic (exact) mass is 253 g/mol. The number of carbonyl (C=O) groups is 1. The zero-order chi connectivity index (χ0) is 12.8. The van der Waals surface area contributed by atoms with Crippen molar-refractivity contribution in [3.05, 3.63) is 40.9 Å². The van der Waals surface area contributed by atoms with Gasteiger partial charge in [-0.3, -0.25) is 4.79 Å². The Morgan fingerprint density at radius 3 is 2.76 bits per heavy atom. The highest BCUT2D eigenvalue weighted by atomic mass is 35.5. The quantitative estimate of drug-likeness (QED) is 0.809. The van der Waals surface area contributed by atoms with Gasteiger partial charge in [-0.15, -0.1) is 0 Å². The molecular formula is C13H16ClNO2. The summed E-state index contributed by atoms with van der Waals surface area (Å²) in [6.07, 6.45) is 1.48. The third kappa shape index (κ3) is 4.21. The van der Waals surface area contributed by atoms with Crippen molar-refractivity contribution in [3.63, 3.8) is 0 Å². The van der Waals surface area contributed by atoms with Gasteiger partial charge in [0.1, 0.15) is 0 Å². The normalized spacial score (nSPS) is 13.3. The lowest BCUT2D eigenvalue weighted by atomic mass is 10.1. The summed E-state index contributed by atoms with van der Waals surface area (Å²) < 4.78 is 0. The van der Waals surface area contributed by atoms with E-state index in [0.29, 0.717) is 5.02 Å². The molecule has 1 aromatic carbocycles. The van der Waals surface area contributed by atoms with Gasteiger partial charge in [0.25, 0.3) is 0 Å². The topological polar surface area (TPSA) is 49.3 Å². The average molecular weight is 254 g/mol. The van der Waals surface area contributed by atoms with E-state index in [9.17, 15) is 4.79 Å². The van der Waals surface area contributed by atoms with Crippen molar-refractivity contribution in [2.45, 2.75) is 19.9 Å². The van der Waals surface area contributed by atoms with Crippen LogP contribution in [0.2, 0.25) is 5.02 Å². The lowest BCUT2D eigenvalue weighted by molar-refractivity contribution is -0.117. The number of nitrogens with one attached hydrogen (secondary N) is 1. The van der Waals surface area contributed by atoms with Crippen molar-refractivity contribution in [3.8, 4) is 0 Å². The van der Waals surface area contributed by atoms with E-state index in [1.54, 1.807) is 13.0 Å². The molecule has 0 radical (unpaired) electrons. The minimum absolute atomic E-state index is 0.0787. The van der Waals surface area contributed by atoms with E-state index in [2.05, 4.69) is 5.32 Å². The van der Waals surface area contributed by atoms with Crippen LogP contribution in [0.15, 0.2) is 30.3 Å². The van der Waals surface area contributed by atoms with Crippen LogP contribution in [0.3, 0.4) is 0 Å². The standard InChI is InChI=1S/C13H16ClNO2/c1-9(7-13(17)15-10(2)8-16)11-5-3-4-6-12(11)14/h3-7,10,16H,8H2,1-2H3,(H,15,17)/b9-7-. The van der Waals surface area contributed by atoms with Crippen molar-refractivity contribution in [1.82, 2.24) is 5.32 Å². The van der Waals surface area contributed by atoms with Gasteiger partial charge in [-0.05, 0) is 31.1 Å². The summed E-state index contributed by atoms with van der Waals surface area (Å²) in [5.74, 6) is -0.232. The van der Waals surface area contributed by atoms with Crippen LogP contribution in [0, 0.1) is 0 Å². The lowest BCUT2D eigenvalue weighted by Gasteiger charge is -2.09. The Bertz CT molecular complexity index is 429. The second-order valence-electron chi connectivity index (χ2n) is 3.90. The second kappa shape index (κ2) is 6.42. The highest BCUT2D eigenvalue weighted by Gasteiger charge is 2.06. The van der Waals surface area contributed by atoms with Crippen LogP contribution in [-0.4, -0.2) is 23.7 Å². The van der Waals surface area contributed by atoms with Crippen molar-refractivity contribution >= 4 is 23.1 Å². The third-order valence-corrected chi connectivity index (χ3v) is 2.64. The fraction of sp³-hybridized carbons (Fsp3) is 0.308. The first-order chi connectivity index (χ1) is 8.04. The summed E-state index contributed by atoms with van der Waals surface area (Å²) in [5, 5.41) is 12.1. The van der Waals surface area contributed by atoms with E-state index in [4.69, 9.17) is 16.7 Å². The molecule has 3 nitrogen and oxygen atoms in total. The number of halogens is 1. The molecule has 1 atom stereocenters. The number of allylic oxidation sites excluding steroid dienone is 1. The molecular weight excluding hydrogens is 238 g/mol. The van der Waals surface area contributed by atoms with Crippen LogP contribution < -0.4 is 5.32 Å². The van der Waals surface area contributed by atoms with Gasteiger partial charge in [0.05, 0.1) is 6.61 Å². The molecule has 1 amide bonds. The molecule has 0 heterocycles. The van der Waals surface area contributed by atoms with E-state index < -0.39 is 0 Å². The number of rotatable bonds is 4. The van der Waals surface area contributed by atoms with Gasteiger partial charge < -0.3 is 10.4 Å². The van der Waals surface area contributed by atoms with Gasteiger partial charge in [-0.25, -0.2) is 0 Å². The minimum Gasteiger partial charge on any atom is -0.394 e. The largest absolute Gasteiger partial charge is 0.394 e. The van der Waals surface area contributed by atoms with E-state index >= 15 is 0 Å². The fourth-order valence-electron chi connectivity index (χ4n) is 1.39. The first kappa shape index (κ1) is 13.7. The Kier molecular flexibility index (Phi) is 5.19. The molecule has 92 valence electrons. The summed E-state index contributed by atoms with van der Waals surface area (Å²) in [6.45, 7) is 3.48. The molecule has 1 rings (SSSR count). The Hall–Kier alpha value is -1.32. The number of hydrogen-bond donors (Lipinski definition) is 2. The molecule has 1 aromatic rings. The Balaban J connectivity index is 2.79. The molecule has 0 bridgehead atoms. The molecule has 0 spiro atoms. The van der Waals surface area contributed by atoms with Gasteiger partial charge in [0, 0.05) is 17.1 Å². The van der Waals surface area contributed by atoms with Crippen molar-refractivity contribution in [2.24, 2.45) is 0 Å². The lowest BCUT2D eigenvalue weighted by Crippen LogP contribution is -2.33. The third-order valence-electron chi connectivity index (χ3n) is 2.31. The van der Waals surface area contributed by atoms with E-state index in [1.165, 1.54) is 6.08 Å². The zero-order valence-corrected chi connectivity index (χ0v) is 10.7. The van der Waals surface area contributed by atoms with Crippen LogP contribution in [0.4, 0.5) is 0 Å². The Labute approximate surface area is 106 Å². The number of aliphatic hydroxyl groups is 1. The van der Waals surface area contributed by atoms with Crippen LogP contribution >= 0.6 is 11.6 Å². The smallest absolute Gasteiger partial charge is 0.244 e. The first-order valence-electron chi connectivity index (χ1n) is 5.39. The maximum Gasteiger partial charge on any atom is 0.244 e. The maximum absolute atomic E-state index is 11.6. The SMILES string of the molecule is C/C(=C/C(=O)NC(C)CO)c1ccccc1Cl. The number of amides is 1. The van der Waals surface area contributed by atoms with Gasteiger partial charge in [0.2, 0.25) is 5.91 Å². The molecule has 0 saturated heterocycles. The number of aliphatic hydroxyl groups excluding tert-OH is 1. The molecule has 0 aliphatic rings. The average Bonchev–Trinajstić information content (AvgIpc) is 2.29. The van der Waals surface area contributed by atoms with E-state index in [1.807, 2.05) is 25.1 Å². The molecule has 1 unspecified atom stereocenters. The van der Waals surface area contributed by atoms with E-state index in [-0.39, 0.29) is 18.6 Å². The van der Waals surface area contributed by atoms with Crippen LogP contribution in [0.25, 0.3) is 5.57 Å². The molecule has 2 N–H and O–H groups in total. The van der Waals surface area contributed by atoms with Crippen LogP contribution in [-0.2, 0) is 4.79 Å². The Morgan fingerprint density at radius 1 is 1.53 bits per heavy atom. The summed E-state index contributed by atoms with van der Waals surface area (Å²) in [6, 6.07) is 7.09. The summed E-state index contributed by atoms with van der Waals surface area (Å²) >= 11 is 6.02. The van der Waals surface area contributed by atoms with Crippen molar-refractivity contribution < 1.29 is 9.90 Å². The van der Waals surface area contributed by atoms with Gasteiger partial charge in [0.15, 0.2) is 0 Å².